The van der Waals surface area contributed by atoms with Crippen LogP contribution in [-0.4, -0.2) is 5.11 Å². The summed E-state index contributed by atoms with van der Waals surface area (Å²) in [7, 11) is 0. The van der Waals surface area contributed by atoms with Gasteiger partial charge >= 0.3 is 0 Å². The maximum absolute atomic E-state index is 10.9. The van der Waals surface area contributed by atoms with Gasteiger partial charge in [0.2, 0.25) is 0 Å². The van der Waals surface area contributed by atoms with Crippen molar-refractivity contribution in [2.45, 2.75) is 86.5 Å². The Morgan fingerprint density at radius 2 is 1.08 bits per heavy atom. The fraction of sp³-hybridized carbons (Fsp3) is 0.520. The summed E-state index contributed by atoms with van der Waals surface area (Å²) >= 11 is 0. The maximum atomic E-state index is 10.9. The van der Waals surface area contributed by atoms with Crippen LogP contribution >= 0.6 is 0 Å². The van der Waals surface area contributed by atoms with Gasteiger partial charge in [0.1, 0.15) is 5.75 Å². The Bertz CT molecular complexity index is 765. The number of phenols is 1. The van der Waals surface area contributed by atoms with Crippen LogP contribution in [0.1, 0.15) is 86.1 Å². The molecule has 0 radical (unpaired) electrons. The Hall–Kier alpha value is -1.76. The molecule has 0 saturated heterocycles. The van der Waals surface area contributed by atoms with Crippen LogP contribution in [0.4, 0.5) is 0 Å². The first-order chi connectivity index (χ1) is 11.7. The summed E-state index contributed by atoms with van der Waals surface area (Å²) in [6, 6.07) is 6.70. The zero-order valence-electron chi connectivity index (χ0n) is 18.4. The molecule has 0 aliphatic carbocycles. The summed E-state index contributed by atoms with van der Waals surface area (Å²) in [4.78, 5) is 0. The number of rotatable bonds is 2. The third-order valence-corrected chi connectivity index (χ3v) is 5.69. The zero-order chi connectivity index (χ0) is 20.0. The minimum atomic E-state index is -0.0906. The molecular weight excluding hydrogens is 316 g/mol. The van der Waals surface area contributed by atoms with Crippen molar-refractivity contribution in [1.29, 1.82) is 0 Å². The number of hydrogen-bond acceptors (Lipinski definition) is 1. The second kappa shape index (κ2) is 6.76. The monoisotopic (exact) mass is 352 g/mol. The van der Waals surface area contributed by atoms with E-state index in [1.165, 1.54) is 33.4 Å². The Balaban J connectivity index is 2.69. The summed E-state index contributed by atoms with van der Waals surface area (Å²) < 4.78 is 0. The number of benzene rings is 2. The molecule has 1 N–H and O–H groups in total. The molecule has 2 aromatic carbocycles. The van der Waals surface area contributed by atoms with Crippen molar-refractivity contribution in [1.82, 2.24) is 0 Å². The molecule has 26 heavy (non-hydrogen) atoms. The average molecular weight is 353 g/mol. The second-order valence-corrected chi connectivity index (χ2v) is 9.96. The first kappa shape index (κ1) is 20.6. The molecule has 0 atom stereocenters. The molecule has 2 rings (SSSR count). The van der Waals surface area contributed by atoms with Crippen LogP contribution in [0.15, 0.2) is 18.2 Å². The van der Waals surface area contributed by atoms with Crippen LogP contribution in [0.2, 0.25) is 0 Å². The Morgan fingerprint density at radius 1 is 0.692 bits per heavy atom. The first-order valence-corrected chi connectivity index (χ1v) is 9.66. The smallest absolute Gasteiger partial charge is 0.123 e. The molecule has 0 spiro atoms. The summed E-state index contributed by atoms with van der Waals surface area (Å²) in [5.74, 6) is 0.461. The van der Waals surface area contributed by atoms with Crippen molar-refractivity contribution in [3.05, 3.63) is 62.7 Å². The summed E-state index contributed by atoms with van der Waals surface area (Å²) in [5.41, 5.74) is 10.1. The van der Waals surface area contributed by atoms with Crippen molar-refractivity contribution < 1.29 is 5.11 Å². The number of aryl methyl sites for hydroxylation is 2. The molecule has 0 fully saturated rings. The number of phenolic OH excluding ortho intramolecular Hbond substituents is 1. The van der Waals surface area contributed by atoms with Crippen LogP contribution in [0.5, 0.6) is 5.75 Å². The van der Waals surface area contributed by atoms with E-state index in [4.69, 9.17) is 0 Å². The third kappa shape index (κ3) is 3.98. The van der Waals surface area contributed by atoms with Gasteiger partial charge in [-0.25, -0.2) is 0 Å². The molecule has 0 aliphatic heterocycles. The molecule has 0 aromatic heterocycles. The van der Waals surface area contributed by atoms with Crippen LogP contribution < -0.4 is 0 Å². The standard InChI is InChI=1S/C25H36O/c1-15-11-16(2)18(4)20(17(15)3)12-19-13-21(24(5,6)7)23(26)22(14-19)25(8,9)10/h11,13-14,26H,12H2,1-10H3. The van der Waals surface area contributed by atoms with E-state index in [2.05, 4.69) is 87.4 Å². The molecule has 1 heteroatoms. The van der Waals surface area contributed by atoms with Gasteiger partial charge in [0, 0.05) is 0 Å². The van der Waals surface area contributed by atoms with Crippen LogP contribution in [0.25, 0.3) is 0 Å². The van der Waals surface area contributed by atoms with Gasteiger partial charge in [0.05, 0.1) is 0 Å². The highest BCUT2D eigenvalue weighted by Gasteiger charge is 2.26. The minimum Gasteiger partial charge on any atom is -0.507 e. The molecule has 0 unspecified atom stereocenters. The van der Waals surface area contributed by atoms with Gasteiger partial charge in [0.15, 0.2) is 0 Å². The van der Waals surface area contributed by atoms with E-state index >= 15 is 0 Å². The molecule has 1 nitrogen and oxygen atoms in total. The highest BCUT2D eigenvalue weighted by Crippen LogP contribution is 2.40. The Labute approximate surface area is 160 Å². The van der Waals surface area contributed by atoms with Gasteiger partial charge in [-0.3, -0.25) is 0 Å². The fourth-order valence-corrected chi connectivity index (χ4v) is 3.71. The van der Waals surface area contributed by atoms with Gasteiger partial charge in [-0.05, 0) is 89.5 Å². The molecule has 0 heterocycles. The normalized spacial score (nSPS) is 12.5. The lowest BCUT2D eigenvalue weighted by atomic mass is 9.77. The van der Waals surface area contributed by atoms with Crippen molar-refractivity contribution in [2.24, 2.45) is 0 Å². The second-order valence-electron chi connectivity index (χ2n) is 9.96. The number of hydrogen-bond donors (Lipinski definition) is 1. The largest absolute Gasteiger partial charge is 0.507 e. The van der Waals surface area contributed by atoms with E-state index in [1.54, 1.807) is 0 Å². The minimum absolute atomic E-state index is 0.0906. The van der Waals surface area contributed by atoms with Gasteiger partial charge in [-0.1, -0.05) is 59.7 Å². The summed E-state index contributed by atoms with van der Waals surface area (Å²) in [5, 5.41) is 10.9. The molecule has 0 bridgehead atoms. The van der Waals surface area contributed by atoms with E-state index in [1.807, 2.05) is 0 Å². The third-order valence-electron chi connectivity index (χ3n) is 5.69. The zero-order valence-corrected chi connectivity index (χ0v) is 18.4. The Morgan fingerprint density at radius 3 is 1.42 bits per heavy atom. The van der Waals surface area contributed by atoms with E-state index in [0.717, 1.165) is 17.5 Å². The topological polar surface area (TPSA) is 20.2 Å². The Kier molecular flexibility index (Phi) is 5.34. The van der Waals surface area contributed by atoms with Crippen molar-refractivity contribution >= 4 is 0 Å². The highest BCUT2D eigenvalue weighted by molar-refractivity contribution is 5.52. The average Bonchev–Trinajstić information content (AvgIpc) is 2.48. The van der Waals surface area contributed by atoms with Crippen molar-refractivity contribution in [2.75, 3.05) is 0 Å². The lowest BCUT2D eigenvalue weighted by Gasteiger charge is -2.28. The lowest BCUT2D eigenvalue weighted by molar-refractivity contribution is 0.423. The van der Waals surface area contributed by atoms with Gasteiger partial charge in [0.25, 0.3) is 0 Å². The quantitative estimate of drug-likeness (QED) is 0.629. The van der Waals surface area contributed by atoms with Crippen LogP contribution in [0.3, 0.4) is 0 Å². The van der Waals surface area contributed by atoms with E-state index in [9.17, 15) is 5.11 Å². The highest BCUT2D eigenvalue weighted by atomic mass is 16.3. The molecule has 0 aliphatic rings. The number of aromatic hydroxyl groups is 1. The van der Waals surface area contributed by atoms with Crippen molar-refractivity contribution in [3.63, 3.8) is 0 Å². The van der Waals surface area contributed by atoms with Crippen LogP contribution in [-0.2, 0) is 17.3 Å². The molecule has 2 aromatic rings. The van der Waals surface area contributed by atoms with E-state index in [0.29, 0.717) is 5.75 Å². The molecule has 0 amide bonds. The fourth-order valence-electron chi connectivity index (χ4n) is 3.71. The maximum Gasteiger partial charge on any atom is 0.123 e. The summed E-state index contributed by atoms with van der Waals surface area (Å²) in [6.45, 7) is 21.9. The molecule has 0 saturated carbocycles. The first-order valence-electron chi connectivity index (χ1n) is 9.66. The van der Waals surface area contributed by atoms with Crippen LogP contribution in [0, 0.1) is 27.7 Å². The van der Waals surface area contributed by atoms with Gasteiger partial charge in [-0.2, -0.15) is 0 Å². The van der Waals surface area contributed by atoms with Crippen molar-refractivity contribution in [3.8, 4) is 5.75 Å². The van der Waals surface area contributed by atoms with Gasteiger partial charge < -0.3 is 5.11 Å². The SMILES string of the molecule is Cc1cc(C)c(C)c(Cc2cc(C(C)(C)C)c(O)c(C(C)(C)C)c2)c1C. The lowest BCUT2D eigenvalue weighted by Crippen LogP contribution is -2.18. The van der Waals surface area contributed by atoms with E-state index < -0.39 is 0 Å². The predicted molar refractivity (Wildman–Crippen MR) is 114 cm³/mol. The predicted octanol–water partition coefficient (Wildman–Crippen LogP) is 6.81. The summed E-state index contributed by atoms with van der Waals surface area (Å²) in [6.07, 6.45) is 0.909. The molecule has 142 valence electrons. The molecular formula is C25H36O. The van der Waals surface area contributed by atoms with E-state index in [-0.39, 0.29) is 10.8 Å². The van der Waals surface area contributed by atoms with Gasteiger partial charge in [-0.15, -0.1) is 0 Å².